The molecular formula is C26H26ClN3O3. The molecule has 33 heavy (non-hydrogen) atoms. The standard InChI is InChI=1S/C26H26ClN3O3/c1-3-30(4-2)14-13-28-25(31)18-7-5-17(6-8-18)24-12-10-20(33-24)16-22-21-15-19(27)9-11-23(21)29-26(22)32/h5-12,15-16H,3-4,13-14H2,1-2H3,(H,28,31)(H,29,32)/b22-16+. The van der Waals surface area contributed by atoms with Gasteiger partial charge in [0.2, 0.25) is 0 Å². The Kier molecular flexibility index (Phi) is 6.96. The molecular weight excluding hydrogens is 438 g/mol. The Balaban J connectivity index is 1.44. The van der Waals surface area contributed by atoms with Crippen LogP contribution >= 0.6 is 11.6 Å². The first-order valence-corrected chi connectivity index (χ1v) is 11.4. The summed E-state index contributed by atoms with van der Waals surface area (Å²) in [6.07, 6.45) is 1.71. The molecule has 2 N–H and O–H groups in total. The molecule has 0 saturated heterocycles. The number of amides is 2. The largest absolute Gasteiger partial charge is 0.457 e. The summed E-state index contributed by atoms with van der Waals surface area (Å²) in [5.41, 5.74) is 3.43. The smallest absolute Gasteiger partial charge is 0.256 e. The first-order chi connectivity index (χ1) is 16.0. The van der Waals surface area contributed by atoms with Crippen molar-refractivity contribution in [1.82, 2.24) is 10.2 Å². The average Bonchev–Trinajstić information content (AvgIpc) is 3.41. The quantitative estimate of drug-likeness (QED) is 0.452. The summed E-state index contributed by atoms with van der Waals surface area (Å²) in [6.45, 7) is 7.59. The van der Waals surface area contributed by atoms with Gasteiger partial charge in [-0.1, -0.05) is 37.6 Å². The SMILES string of the molecule is CCN(CC)CCNC(=O)c1ccc(-c2ccc(/C=C3/C(=O)Nc4ccc(Cl)cc43)o2)cc1. The molecule has 1 aromatic heterocycles. The third kappa shape index (κ3) is 5.18. The van der Waals surface area contributed by atoms with Crippen molar-refractivity contribution in [1.29, 1.82) is 0 Å². The second kappa shape index (κ2) is 10.1. The highest BCUT2D eigenvalue weighted by Crippen LogP contribution is 2.35. The van der Waals surface area contributed by atoms with Gasteiger partial charge in [-0.15, -0.1) is 0 Å². The Morgan fingerprint density at radius 3 is 2.58 bits per heavy atom. The van der Waals surface area contributed by atoms with Crippen molar-refractivity contribution in [2.24, 2.45) is 0 Å². The molecule has 2 amide bonds. The van der Waals surface area contributed by atoms with Crippen LogP contribution in [0.1, 0.15) is 35.5 Å². The number of hydrogen-bond donors (Lipinski definition) is 2. The summed E-state index contributed by atoms with van der Waals surface area (Å²) in [6, 6.07) is 16.2. The van der Waals surface area contributed by atoms with Crippen LogP contribution in [0.3, 0.4) is 0 Å². The van der Waals surface area contributed by atoms with Crippen LogP contribution < -0.4 is 10.6 Å². The molecule has 170 valence electrons. The Labute approximate surface area is 198 Å². The lowest BCUT2D eigenvalue weighted by atomic mass is 10.1. The number of carbonyl (C=O) groups is 2. The molecule has 2 heterocycles. The van der Waals surface area contributed by atoms with E-state index < -0.39 is 0 Å². The maximum Gasteiger partial charge on any atom is 0.256 e. The number of anilines is 1. The summed E-state index contributed by atoms with van der Waals surface area (Å²) >= 11 is 6.09. The van der Waals surface area contributed by atoms with Crippen LogP contribution in [0.4, 0.5) is 5.69 Å². The van der Waals surface area contributed by atoms with Crippen molar-refractivity contribution in [2.45, 2.75) is 13.8 Å². The maximum absolute atomic E-state index is 12.4. The van der Waals surface area contributed by atoms with Gasteiger partial charge in [0.05, 0.1) is 5.57 Å². The fourth-order valence-electron chi connectivity index (χ4n) is 3.79. The van der Waals surface area contributed by atoms with Crippen LogP contribution in [-0.2, 0) is 4.79 Å². The summed E-state index contributed by atoms with van der Waals surface area (Å²) in [5.74, 6) is 0.922. The number of nitrogens with zero attached hydrogens (tertiary/aromatic N) is 1. The van der Waals surface area contributed by atoms with Crippen molar-refractivity contribution in [3.05, 3.63) is 76.5 Å². The predicted octanol–water partition coefficient (Wildman–Crippen LogP) is 5.16. The summed E-state index contributed by atoms with van der Waals surface area (Å²) in [5, 5.41) is 6.35. The van der Waals surface area contributed by atoms with Crippen LogP contribution in [-0.4, -0.2) is 42.9 Å². The summed E-state index contributed by atoms with van der Waals surface area (Å²) in [4.78, 5) is 27.0. The lowest BCUT2D eigenvalue weighted by molar-refractivity contribution is -0.110. The zero-order valence-electron chi connectivity index (χ0n) is 18.7. The highest BCUT2D eigenvalue weighted by molar-refractivity contribution is 6.36. The molecule has 1 aliphatic heterocycles. The van der Waals surface area contributed by atoms with Gasteiger partial charge in [0.25, 0.3) is 11.8 Å². The normalized spacial score (nSPS) is 13.9. The fraction of sp³-hybridized carbons (Fsp3) is 0.231. The van der Waals surface area contributed by atoms with Gasteiger partial charge in [-0.2, -0.15) is 0 Å². The molecule has 3 aromatic rings. The Morgan fingerprint density at radius 2 is 1.85 bits per heavy atom. The van der Waals surface area contributed by atoms with Crippen molar-refractivity contribution in [3.63, 3.8) is 0 Å². The number of halogens is 1. The van der Waals surface area contributed by atoms with Gasteiger partial charge in [-0.25, -0.2) is 0 Å². The summed E-state index contributed by atoms with van der Waals surface area (Å²) < 4.78 is 5.95. The van der Waals surface area contributed by atoms with Gasteiger partial charge in [0.1, 0.15) is 11.5 Å². The first-order valence-electron chi connectivity index (χ1n) is 11.0. The second-order valence-electron chi connectivity index (χ2n) is 7.76. The number of fused-ring (bicyclic) bond motifs is 1. The Bertz CT molecular complexity index is 1190. The molecule has 6 nitrogen and oxygen atoms in total. The average molecular weight is 464 g/mol. The Hall–Kier alpha value is -3.35. The summed E-state index contributed by atoms with van der Waals surface area (Å²) in [7, 11) is 0. The van der Waals surface area contributed by atoms with Crippen LogP contribution in [0.25, 0.3) is 23.0 Å². The molecule has 1 aliphatic rings. The van der Waals surface area contributed by atoms with Crippen molar-refractivity contribution >= 4 is 40.8 Å². The maximum atomic E-state index is 12.4. The minimum Gasteiger partial charge on any atom is -0.457 e. The molecule has 0 radical (unpaired) electrons. The van der Waals surface area contributed by atoms with E-state index in [0.29, 0.717) is 34.2 Å². The van der Waals surface area contributed by atoms with Gasteiger partial charge < -0.3 is 20.0 Å². The number of likely N-dealkylation sites (N-methyl/N-ethyl adjacent to an activating group) is 1. The molecule has 2 aromatic carbocycles. The molecule has 0 atom stereocenters. The number of rotatable bonds is 8. The number of carbonyl (C=O) groups excluding carboxylic acids is 2. The lowest BCUT2D eigenvalue weighted by Gasteiger charge is -2.17. The molecule has 0 spiro atoms. The van der Waals surface area contributed by atoms with Crippen molar-refractivity contribution in [2.75, 3.05) is 31.5 Å². The van der Waals surface area contributed by atoms with E-state index in [1.54, 1.807) is 36.4 Å². The van der Waals surface area contributed by atoms with Gasteiger partial charge >= 0.3 is 0 Å². The molecule has 7 heteroatoms. The van der Waals surface area contributed by atoms with Crippen molar-refractivity contribution in [3.8, 4) is 11.3 Å². The zero-order chi connectivity index (χ0) is 23.4. The van der Waals surface area contributed by atoms with E-state index in [1.807, 2.05) is 24.3 Å². The van der Waals surface area contributed by atoms with Gasteiger partial charge in [-0.05, 0) is 61.6 Å². The molecule has 0 saturated carbocycles. The highest BCUT2D eigenvalue weighted by atomic mass is 35.5. The number of nitrogens with one attached hydrogen (secondary N) is 2. The second-order valence-corrected chi connectivity index (χ2v) is 8.20. The molecule has 0 fully saturated rings. The number of furan rings is 1. The zero-order valence-corrected chi connectivity index (χ0v) is 19.4. The topological polar surface area (TPSA) is 74.6 Å². The van der Waals surface area contributed by atoms with Crippen LogP contribution in [0.15, 0.2) is 59.0 Å². The fourth-order valence-corrected chi connectivity index (χ4v) is 3.96. The van der Waals surface area contributed by atoms with Gasteiger partial charge in [-0.3, -0.25) is 9.59 Å². The highest BCUT2D eigenvalue weighted by Gasteiger charge is 2.24. The van der Waals surface area contributed by atoms with E-state index in [0.717, 1.165) is 36.4 Å². The van der Waals surface area contributed by atoms with E-state index in [-0.39, 0.29) is 11.8 Å². The third-order valence-corrected chi connectivity index (χ3v) is 5.95. The van der Waals surface area contributed by atoms with E-state index in [2.05, 4.69) is 29.4 Å². The molecule has 0 aliphatic carbocycles. The third-order valence-electron chi connectivity index (χ3n) is 5.72. The minimum absolute atomic E-state index is 0.0943. The lowest BCUT2D eigenvalue weighted by Crippen LogP contribution is -2.34. The van der Waals surface area contributed by atoms with Gasteiger partial charge in [0.15, 0.2) is 0 Å². The van der Waals surface area contributed by atoms with E-state index in [9.17, 15) is 9.59 Å². The van der Waals surface area contributed by atoms with Crippen molar-refractivity contribution < 1.29 is 14.0 Å². The molecule has 4 rings (SSSR count). The van der Waals surface area contributed by atoms with Crippen LogP contribution in [0, 0.1) is 0 Å². The van der Waals surface area contributed by atoms with E-state index in [4.69, 9.17) is 16.0 Å². The molecule has 0 bridgehead atoms. The number of hydrogen-bond acceptors (Lipinski definition) is 4. The minimum atomic E-state index is -0.193. The van der Waals surface area contributed by atoms with Crippen LogP contribution in [0.5, 0.6) is 0 Å². The monoisotopic (exact) mass is 463 g/mol. The van der Waals surface area contributed by atoms with E-state index in [1.165, 1.54) is 0 Å². The molecule has 0 unspecified atom stereocenters. The predicted molar refractivity (Wildman–Crippen MR) is 132 cm³/mol. The van der Waals surface area contributed by atoms with Crippen LogP contribution in [0.2, 0.25) is 5.02 Å². The number of benzene rings is 2. The Morgan fingerprint density at radius 1 is 1.09 bits per heavy atom. The van der Waals surface area contributed by atoms with Gasteiger partial charge in [0, 0.05) is 40.5 Å². The first kappa shape index (κ1) is 22.8. The van der Waals surface area contributed by atoms with E-state index >= 15 is 0 Å².